The predicted octanol–water partition coefficient (Wildman–Crippen LogP) is -0.0775. The molecule has 1 rings (SSSR count). The van der Waals surface area contributed by atoms with Gasteiger partial charge in [0.15, 0.2) is 0 Å². The van der Waals surface area contributed by atoms with E-state index in [2.05, 4.69) is 10.3 Å². The van der Waals surface area contributed by atoms with Gasteiger partial charge in [-0.2, -0.15) is 0 Å². The first-order chi connectivity index (χ1) is 6.75. The first-order valence-corrected chi connectivity index (χ1v) is 4.13. The summed E-state index contributed by atoms with van der Waals surface area (Å²) in [7, 11) is 0. The SMILES string of the molecule is Nc1ccccc1C(=O)NOCCO. The number of nitrogen functional groups attached to an aromatic ring is 1. The third-order valence-corrected chi connectivity index (χ3v) is 1.56. The lowest BCUT2D eigenvalue weighted by atomic mass is 10.2. The normalized spacial score (nSPS) is 9.79. The molecule has 5 nitrogen and oxygen atoms in total. The maximum Gasteiger partial charge on any atom is 0.276 e. The Bertz CT molecular complexity index is 315. The molecule has 1 aromatic carbocycles. The third-order valence-electron chi connectivity index (χ3n) is 1.56. The lowest BCUT2D eigenvalue weighted by molar-refractivity contribution is 0.0169. The fraction of sp³-hybridized carbons (Fsp3) is 0.222. The number of carbonyl (C=O) groups excluding carboxylic acids is 1. The first-order valence-electron chi connectivity index (χ1n) is 4.13. The Kier molecular flexibility index (Phi) is 3.90. The van der Waals surface area contributed by atoms with E-state index < -0.39 is 5.91 Å². The van der Waals surface area contributed by atoms with Crippen molar-refractivity contribution >= 4 is 11.6 Å². The zero-order valence-electron chi connectivity index (χ0n) is 7.56. The highest BCUT2D eigenvalue weighted by Gasteiger charge is 2.07. The number of rotatable bonds is 4. The van der Waals surface area contributed by atoms with Crippen molar-refractivity contribution in [1.82, 2.24) is 5.48 Å². The van der Waals surface area contributed by atoms with Gasteiger partial charge in [0.25, 0.3) is 5.91 Å². The molecule has 0 aliphatic heterocycles. The van der Waals surface area contributed by atoms with E-state index in [1.807, 2.05) is 0 Å². The number of benzene rings is 1. The van der Waals surface area contributed by atoms with Crippen LogP contribution in [0.5, 0.6) is 0 Å². The molecule has 0 aliphatic carbocycles. The highest BCUT2D eigenvalue weighted by molar-refractivity contribution is 5.98. The van der Waals surface area contributed by atoms with Gasteiger partial charge in [-0.3, -0.25) is 9.63 Å². The van der Waals surface area contributed by atoms with E-state index in [0.29, 0.717) is 11.3 Å². The van der Waals surface area contributed by atoms with Crippen molar-refractivity contribution in [3.8, 4) is 0 Å². The molecule has 4 N–H and O–H groups in total. The fourth-order valence-electron chi connectivity index (χ4n) is 0.921. The average molecular weight is 196 g/mol. The summed E-state index contributed by atoms with van der Waals surface area (Å²) in [5, 5.41) is 8.40. The number of carbonyl (C=O) groups is 1. The molecule has 1 amide bonds. The number of hydrogen-bond acceptors (Lipinski definition) is 4. The second-order valence-corrected chi connectivity index (χ2v) is 2.59. The molecule has 14 heavy (non-hydrogen) atoms. The van der Waals surface area contributed by atoms with E-state index in [-0.39, 0.29) is 13.2 Å². The molecule has 0 heterocycles. The van der Waals surface area contributed by atoms with Crippen molar-refractivity contribution in [2.75, 3.05) is 18.9 Å². The van der Waals surface area contributed by atoms with Crippen molar-refractivity contribution in [3.05, 3.63) is 29.8 Å². The van der Waals surface area contributed by atoms with Crippen LogP contribution in [0.2, 0.25) is 0 Å². The summed E-state index contributed by atoms with van der Waals surface area (Å²) in [4.78, 5) is 16.0. The van der Waals surface area contributed by atoms with E-state index >= 15 is 0 Å². The first kappa shape index (κ1) is 10.5. The Hall–Kier alpha value is -1.59. The van der Waals surface area contributed by atoms with Gasteiger partial charge in [0.1, 0.15) is 0 Å². The molecule has 0 unspecified atom stereocenters. The standard InChI is InChI=1S/C9H12N2O3/c10-8-4-2-1-3-7(8)9(13)11-14-6-5-12/h1-4,12H,5-6,10H2,(H,11,13). The van der Waals surface area contributed by atoms with Crippen LogP contribution < -0.4 is 11.2 Å². The van der Waals surface area contributed by atoms with Gasteiger partial charge in [0, 0.05) is 5.69 Å². The topological polar surface area (TPSA) is 84.6 Å². The predicted molar refractivity (Wildman–Crippen MR) is 51.4 cm³/mol. The molecule has 0 radical (unpaired) electrons. The number of nitrogens with one attached hydrogen (secondary N) is 1. The number of hydroxylamine groups is 1. The average Bonchev–Trinajstić information content (AvgIpc) is 2.18. The maximum atomic E-state index is 11.3. The van der Waals surface area contributed by atoms with Crippen molar-refractivity contribution in [1.29, 1.82) is 0 Å². The Morgan fingerprint density at radius 3 is 2.86 bits per heavy atom. The van der Waals surface area contributed by atoms with Gasteiger partial charge < -0.3 is 10.8 Å². The maximum absolute atomic E-state index is 11.3. The monoisotopic (exact) mass is 196 g/mol. The number of aliphatic hydroxyl groups excluding tert-OH is 1. The Balaban J connectivity index is 2.56. The second kappa shape index (κ2) is 5.21. The number of amides is 1. The molecule has 5 heteroatoms. The summed E-state index contributed by atoms with van der Waals surface area (Å²) >= 11 is 0. The van der Waals surface area contributed by atoms with Crippen molar-refractivity contribution in [2.24, 2.45) is 0 Å². The third kappa shape index (κ3) is 2.72. The van der Waals surface area contributed by atoms with Crippen LogP contribution in [0.3, 0.4) is 0 Å². The van der Waals surface area contributed by atoms with Gasteiger partial charge in [-0.05, 0) is 12.1 Å². The van der Waals surface area contributed by atoms with Crippen LogP contribution in [-0.2, 0) is 4.84 Å². The van der Waals surface area contributed by atoms with Crippen LogP contribution in [0.25, 0.3) is 0 Å². The van der Waals surface area contributed by atoms with E-state index in [0.717, 1.165) is 0 Å². The summed E-state index contributed by atoms with van der Waals surface area (Å²) in [6.45, 7) is -0.0942. The lowest BCUT2D eigenvalue weighted by Crippen LogP contribution is -2.25. The number of para-hydroxylation sites is 1. The van der Waals surface area contributed by atoms with E-state index in [1.165, 1.54) is 0 Å². The van der Waals surface area contributed by atoms with Gasteiger partial charge >= 0.3 is 0 Å². The molecule has 0 aliphatic rings. The van der Waals surface area contributed by atoms with Crippen LogP contribution >= 0.6 is 0 Å². The van der Waals surface area contributed by atoms with Crippen molar-refractivity contribution in [3.63, 3.8) is 0 Å². The summed E-state index contributed by atoms with van der Waals surface area (Å²) in [6, 6.07) is 6.66. The van der Waals surface area contributed by atoms with Gasteiger partial charge in [-0.25, -0.2) is 5.48 Å². The molecule has 0 bridgehead atoms. The van der Waals surface area contributed by atoms with Gasteiger partial charge in [0.05, 0.1) is 18.8 Å². The lowest BCUT2D eigenvalue weighted by Gasteiger charge is -2.06. The summed E-state index contributed by atoms with van der Waals surface area (Å²) in [5.41, 5.74) is 8.46. The Morgan fingerprint density at radius 2 is 2.21 bits per heavy atom. The van der Waals surface area contributed by atoms with Crippen molar-refractivity contribution in [2.45, 2.75) is 0 Å². The largest absolute Gasteiger partial charge is 0.398 e. The van der Waals surface area contributed by atoms with Crippen LogP contribution in [-0.4, -0.2) is 24.2 Å². The van der Waals surface area contributed by atoms with Gasteiger partial charge in [-0.15, -0.1) is 0 Å². The smallest absolute Gasteiger partial charge is 0.276 e. The van der Waals surface area contributed by atoms with E-state index in [9.17, 15) is 4.79 Å². The molecule has 0 spiro atoms. The number of aliphatic hydroxyl groups is 1. The van der Waals surface area contributed by atoms with Crippen LogP contribution in [0, 0.1) is 0 Å². The molecule has 0 atom stereocenters. The second-order valence-electron chi connectivity index (χ2n) is 2.59. The molecule has 0 aromatic heterocycles. The van der Waals surface area contributed by atoms with Crippen molar-refractivity contribution < 1.29 is 14.7 Å². The van der Waals surface area contributed by atoms with Gasteiger partial charge in [0.2, 0.25) is 0 Å². The minimum absolute atomic E-state index is 0.0540. The molecule has 0 fully saturated rings. The molecular formula is C9H12N2O3. The summed E-state index contributed by atoms with van der Waals surface area (Å²) in [6.07, 6.45) is 0. The highest BCUT2D eigenvalue weighted by Crippen LogP contribution is 2.09. The fourth-order valence-corrected chi connectivity index (χ4v) is 0.921. The molecule has 0 saturated carbocycles. The summed E-state index contributed by atoms with van der Waals surface area (Å²) in [5.74, 6) is -0.420. The van der Waals surface area contributed by atoms with Crippen LogP contribution in [0.4, 0.5) is 5.69 Å². The molecule has 0 saturated heterocycles. The Labute approximate surface area is 81.4 Å². The quantitative estimate of drug-likeness (QED) is 0.357. The van der Waals surface area contributed by atoms with Crippen LogP contribution in [0.15, 0.2) is 24.3 Å². The number of hydrogen-bond donors (Lipinski definition) is 3. The van der Waals surface area contributed by atoms with E-state index in [1.54, 1.807) is 24.3 Å². The van der Waals surface area contributed by atoms with Gasteiger partial charge in [-0.1, -0.05) is 12.1 Å². The van der Waals surface area contributed by atoms with Crippen LogP contribution in [0.1, 0.15) is 10.4 Å². The molecule has 76 valence electrons. The van der Waals surface area contributed by atoms with E-state index in [4.69, 9.17) is 10.8 Å². The minimum Gasteiger partial charge on any atom is -0.398 e. The molecule has 1 aromatic rings. The summed E-state index contributed by atoms with van der Waals surface area (Å²) < 4.78 is 0. The number of nitrogens with two attached hydrogens (primary N) is 1. The minimum atomic E-state index is -0.420. The Morgan fingerprint density at radius 1 is 1.50 bits per heavy atom. The zero-order valence-corrected chi connectivity index (χ0v) is 7.56. The highest BCUT2D eigenvalue weighted by atomic mass is 16.7. The molecular weight excluding hydrogens is 184 g/mol. The number of anilines is 1. The zero-order chi connectivity index (χ0) is 10.4.